The number of hydrogen-bond acceptors (Lipinski definition) is 4. The third-order valence-electron chi connectivity index (χ3n) is 4.67. The monoisotopic (exact) mass is 268 g/mol. The Morgan fingerprint density at radius 2 is 0.895 bits per heavy atom. The minimum Gasteiger partial charge on any atom is -0.298 e. The summed E-state index contributed by atoms with van der Waals surface area (Å²) in [6.07, 6.45) is 0. The molecule has 19 heavy (non-hydrogen) atoms. The molecule has 2 fully saturated rings. The van der Waals surface area contributed by atoms with Gasteiger partial charge in [-0.3, -0.25) is 19.6 Å². The number of nitrogens with zero attached hydrogens (tertiary/aromatic N) is 4. The van der Waals surface area contributed by atoms with Crippen LogP contribution in [0.4, 0.5) is 0 Å². The molecule has 0 unspecified atom stereocenters. The van der Waals surface area contributed by atoms with E-state index in [1.54, 1.807) is 0 Å². The van der Waals surface area contributed by atoms with Crippen LogP contribution in [0.2, 0.25) is 0 Å². The van der Waals surface area contributed by atoms with Crippen LogP contribution < -0.4 is 0 Å². The highest BCUT2D eigenvalue weighted by molar-refractivity contribution is 4.78. The molecule has 0 N–H and O–H groups in total. The minimum atomic E-state index is 0.705. The van der Waals surface area contributed by atoms with Gasteiger partial charge in [-0.25, -0.2) is 0 Å². The van der Waals surface area contributed by atoms with Crippen molar-refractivity contribution >= 4 is 0 Å². The van der Waals surface area contributed by atoms with Crippen molar-refractivity contribution in [1.82, 2.24) is 19.6 Å². The molecule has 2 rings (SSSR count). The van der Waals surface area contributed by atoms with Gasteiger partial charge in [0, 0.05) is 64.4 Å². The number of hydrogen-bond donors (Lipinski definition) is 0. The van der Waals surface area contributed by atoms with Gasteiger partial charge >= 0.3 is 0 Å². The fourth-order valence-corrected chi connectivity index (χ4v) is 3.13. The van der Waals surface area contributed by atoms with Crippen molar-refractivity contribution in [2.75, 3.05) is 59.0 Å². The summed E-state index contributed by atoms with van der Waals surface area (Å²) in [7, 11) is 0. The summed E-state index contributed by atoms with van der Waals surface area (Å²) in [6.45, 7) is 20.3. The Balaban J connectivity index is 1.67. The van der Waals surface area contributed by atoms with Crippen LogP contribution in [0.1, 0.15) is 27.7 Å². The fraction of sp³-hybridized carbons (Fsp3) is 1.00. The molecule has 0 atom stereocenters. The maximum Gasteiger partial charge on any atom is 0.0508 e. The molecule has 2 heterocycles. The summed E-state index contributed by atoms with van der Waals surface area (Å²) in [5, 5.41) is 0. The molecular formula is C15H32N4. The van der Waals surface area contributed by atoms with E-state index in [1.165, 1.54) is 59.0 Å². The van der Waals surface area contributed by atoms with Gasteiger partial charge < -0.3 is 0 Å². The second kappa shape index (κ2) is 7.02. The predicted molar refractivity (Wildman–Crippen MR) is 81.4 cm³/mol. The van der Waals surface area contributed by atoms with Crippen molar-refractivity contribution in [2.45, 2.75) is 39.8 Å². The van der Waals surface area contributed by atoms with Gasteiger partial charge in [0.2, 0.25) is 0 Å². The molecule has 0 bridgehead atoms. The predicted octanol–water partition coefficient (Wildman–Crippen LogP) is 0.996. The van der Waals surface area contributed by atoms with E-state index in [0.29, 0.717) is 12.1 Å². The van der Waals surface area contributed by atoms with Gasteiger partial charge in [-0.2, -0.15) is 0 Å². The second-order valence-corrected chi connectivity index (χ2v) is 6.64. The summed E-state index contributed by atoms with van der Waals surface area (Å²) >= 11 is 0. The van der Waals surface area contributed by atoms with Crippen LogP contribution in [-0.4, -0.2) is 90.7 Å². The Bertz CT molecular complexity index is 225. The van der Waals surface area contributed by atoms with E-state index in [1.807, 2.05) is 0 Å². The maximum absolute atomic E-state index is 2.63. The van der Waals surface area contributed by atoms with Crippen molar-refractivity contribution < 1.29 is 0 Å². The zero-order chi connectivity index (χ0) is 13.8. The average Bonchev–Trinajstić information content (AvgIpc) is 2.40. The van der Waals surface area contributed by atoms with Crippen molar-refractivity contribution in [3.63, 3.8) is 0 Å². The van der Waals surface area contributed by atoms with Crippen molar-refractivity contribution in [3.8, 4) is 0 Å². The average molecular weight is 268 g/mol. The van der Waals surface area contributed by atoms with Gasteiger partial charge in [-0.15, -0.1) is 0 Å². The highest BCUT2D eigenvalue weighted by atomic mass is 15.4. The summed E-state index contributed by atoms with van der Waals surface area (Å²) in [5.41, 5.74) is 0. The molecule has 2 saturated heterocycles. The summed E-state index contributed by atoms with van der Waals surface area (Å²) in [5.74, 6) is 0. The lowest BCUT2D eigenvalue weighted by atomic mass is 10.2. The molecule has 112 valence electrons. The van der Waals surface area contributed by atoms with E-state index in [2.05, 4.69) is 47.3 Å². The van der Waals surface area contributed by atoms with E-state index < -0.39 is 0 Å². The first-order chi connectivity index (χ1) is 9.06. The van der Waals surface area contributed by atoms with Gasteiger partial charge in [-0.1, -0.05) is 0 Å². The van der Waals surface area contributed by atoms with Crippen LogP contribution in [0.3, 0.4) is 0 Å². The Morgan fingerprint density at radius 3 is 1.16 bits per heavy atom. The smallest absolute Gasteiger partial charge is 0.0508 e. The SMILES string of the molecule is CC(C)N1CCN(CN2CCN(C(C)C)CC2)CC1. The molecule has 2 aliphatic rings. The Hall–Kier alpha value is -0.160. The molecular weight excluding hydrogens is 236 g/mol. The van der Waals surface area contributed by atoms with Crippen LogP contribution in [0, 0.1) is 0 Å². The molecule has 0 aliphatic carbocycles. The van der Waals surface area contributed by atoms with E-state index in [0.717, 1.165) is 0 Å². The van der Waals surface area contributed by atoms with Crippen LogP contribution in [0.5, 0.6) is 0 Å². The van der Waals surface area contributed by atoms with Crippen LogP contribution in [-0.2, 0) is 0 Å². The summed E-state index contributed by atoms with van der Waals surface area (Å²) in [6, 6.07) is 1.41. The van der Waals surface area contributed by atoms with Crippen LogP contribution in [0.25, 0.3) is 0 Å². The highest BCUT2D eigenvalue weighted by Crippen LogP contribution is 2.09. The lowest BCUT2D eigenvalue weighted by Crippen LogP contribution is -2.55. The van der Waals surface area contributed by atoms with Crippen molar-refractivity contribution in [2.24, 2.45) is 0 Å². The van der Waals surface area contributed by atoms with E-state index in [-0.39, 0.29) is 0 Å². The maximum atomic E-state index is 2.63. The topological polar surface area (TPSA) is 13.0 Å². The molecule has 4 nitrogen and oxygen atoms in total. The Morgan fingerprint density at radius 1 is 0.579 bits per heavy atom. The first-order valence-electron chi connectivity index (χ1n) is 7.99. The lowest BCUT2D eigenvalue weighted by Gasteiger charge is -2.42. The zero-order valence-electron chi connectivity index (χ0n) is 13.3. The molecule has 2 aliphatic heterocycles. The van der Waals surface area contributed by atoms with E-state index >= 15 is 0 Å². The van der Waals surface area contributed by atoms with Crippen LogP contribution >= 0.6 is 0 Å². The quantitative estimate of drug-likeness (QED) is 0.754. The highest BCUT2D eigenvalue weighted by Gasteiger charge is 2.23. The summed E-state index contributed by atoms with van der Waals surface area (Å²) < 4.78 is 0. The van der Waals surface area contributed by atoms with Crippen molar-refractivity contribution in [3.05, 3.63) is 0 Å². The van der Waals surface area contributed by atoms with Crippen molar-refractivity contribution in [1.29, 1.82) is 0 Å². The Labute approximate surface area is 119 Å². The molecule has 4 heteroatoms. The van der Waals surface area contributed by atoms with Gasteiger partial charge in [0.05, 0.1) is 6.67 Å². The molecule has 0 radical (unpaired) electrons. The first-order valence-corrected chi connectivity index (χ1v) is 7.99. The lowest BCUT2D eigenvalue weighted by molar-refractivity contribution is 0.0314. The molecule has 0 amide bonds. The van der Waals surface area contributed by atoms with E-state index in [9.17, 15) is 0 Å². The zero-order valence-corrected chi connectivity index (χ0v) is 13.3. The van der Waals surface area contributed by atoms with Gasteiger partial charge in [0.15, 0.2) is 0 Å². The van der Waals surface area contributed by atoms with Gasteiger partial charge in [-0.05, 0) is 27.7 Å². The molecule has 0 saturated carbocycles. The molecule has 0 aromatic rings. The largest absolute Gasteiger partial charge is 0.298 e. The van der Waals surface area contributed by atoms with Gasteiger partial charge in [0.25, 0.3) is 0 Å². The standard InChI is InChI=1S/C15H32N4/c1-14(2)18-9-5-16(6-10-18)13-17-7-11-19(12-8-17)15(3)4/h14-15H,5-13H2,1-4H3. The molecule has 0 aromatic heterocycles. The third kappa shape index (κ3) is 4.42. The third-order valence-corrected chi connectivity index (χ3v) is 4.67. The normalized spacial score (nSPS) is 25.6. The van der Waals surface area contributed by atoms with Crippen LogP contribution in [0.15, 0.2) is 0 Å². The molecule has 0 spiro atoms. The van der Waals surface area contributed by atoms with E-state index in [4.69, 9.17) is 0 Å². The number of rotatable bonds is 4. The Kier molecular flexibility index (Phi) is 5.63. The minimum absolute atomic E-state index is 0.705. The first kappa shape index (κ1) is 15.2. The van der Waals surface area contributed by atoms with Gasteiger partial charge in [0.1, 0.15) is 0 Å². The fourth-order valence-electron chi connectivity index (χ4n) is 3.13. The second-order valence-electron chi connectivity index (χ2n) is 6.64. The molecule has 0 aromatic carbocycles. The number of piperazine rings is 2. The summed E-state index contributed by atoms with van der Waals surface area (Å²) in [4.78, 5) is 10.4.